The zero-order valence-corrected chi connectivity index (χ0v) is 15.0. The highest BCUT2D eigenvalue weighted by Crippen LogP contribution is 2.12. The average molecular weight is 350 g/mol. The van der Waals surface area contributed by atoms with Gasteiger partial charge in [0.1, 0.15) is 11.8 Å². The molecule has 7 nitrogen and oxygen atoms in total. The molecule has 0 aliphatic heterocycles. The second-order valence-electron chi connectivity index (χ2n) is 6.27. The lowest BCUT2D eigenvalue weighted by Gasteiger charge is -2.24. The summed E-state index contributed by atoms with van der Waals surface area (Å²) in [5.41, 5.74) is 0.429. The fourth-order valence-corrected chi connectivity index (χ4v) is 2.25. The SMILES string of the molecule is COc1ccc(C(=O)NC(C(=O)NC(C)CCC(=O)O)C(C)C)cc1. The third-order valence-electron chi connectivity index (χ3n) is 3.77. The van der Waals surface area contributed by atoms with E-state index in [1.807, 2.05) is 13.8 Å². The van der Waals surface area contributed by atoms with Crippen LogP contribution in [0.2, 0.25) is 0 Å². The van der Waals surface area contributed by atoms with Crippen LogP contribution in [0.5, 0.6) is 5.75 Å². The molecule has 0 fully saturated rings. The van der Waals surface area contributed by atoms with Crippen molar-refractivity contribution < 1.29 is 24.2 Å². The summed E-state index contributed by atoms with van der Waals surface area (Å²) in [5, 5.41) is 14.2. The minimum absolute atomic E-state index is 0.0218. The van der Waals surface area contributed by atoms with Gasteiger partial charge in [0.15, 0.2) is 0 Å². The summed E-state index contributed by atoms with van der Waals surface area (Å²) in [4.78, 5) is 35.4. The van der Waals surface area contributed by atoms with E-state index in [-0.39, 0.29) is 30.2 Å². The van der Waals surface area contributed by atoms with Crippen LogP contribution in [-0.4, -0.2) is 42.1 Å². The fraction of sp³-hybridized carbons (Fsp3) is 0.500. The van der Waals surface area contributed by atoms with Crippen LogP contribution in [0.1, 0.15) is 44.0 Å². The largest absolute Gasteiger partial charge is 0.497 e. The predicted molar refractivity (Wildman–Crippen MR) is 93.6 cm³/mol. The molecule has 0 aromatic heterocycles. The monoisotopic (exact) mass is 350 g/mol. The molecular formula is C18H26N2O5. The number of rotatable bonds is 9. The number of carbonyl (C=O) groups is 3. The van der Waals surface area contributed by atoms with Gasteiger partial charge in [-0.2, -0.15) is 0 Å². The first-order valence-corrected chi connectivity index (χ1v) is 8.21. The molecule has 0 heterocycles. The van der Waals surface area contributed by atoms with E-state index in [9.17, 15) is 14.4 Å². The van der Waals surface area contributed by atoms with Crippen molar-refractivity contribution in [1.82, 2.24) is 10.6 Å². The summed E-state index contributed by atoms with van der Waals surface area (Å²) in [6, 6.07) is 5.60. The first-order valence-electron chi connectivity index (χ1n) is 8.21. The molecule has 0 spiro atoms. The van der Waals surface area contributed by atoms with Crippen LogP contribution in [0.15, 0.2) is 24.3 Å². The minimum atomic E-state index is -0.908. The van der Waals surface area contributed by atoms with Crippen LogP contribution >= 0.6 is 0 Å². The zero-order valence-electron chi connectivity index (χ0n) is 15.0. The molecule has 2 unspecified atom stereocenters. The molecule has 0 saturated heterocycles. The molecule has 1 rings (SSSR count). The summed E-state index contributed by atoms with van der Waals surface area (Å²) >= 11 is 0. The smallest absolute Gasteiger partial charge is 0.303 e. The number of benzene rings is 1. The van der Waals surface area contributed by atoms with Gasteiger partial charge in [-0.1, -0.05) is 13.8 Å². The molecule has 25 heavy (non-hydrogen) atoms. The van der Waals surface area contributed by atoms with Crippen molar-refractivity contribution in [3.8, 4) is 5.75 Å². The number of nitrogens with one attached hydrogen (secondary N) is 2. The second-order valence-corrected chi connectivity index (χ2v) is 6.27. The van der Waals surface area contributed by atoms with Gasteiger partial charge in [-0.05, 0) is 43.5 Å². The summed E-state index contributed by atoms with van der Waals surface area (Å²) in [5.74, 6) is -1.06. The Morgan fingerprint density at radius 2 is 1.68 bits per heavy atom. The number of methoxy groups -OCH3 is 1. The van der Waals surface area contributed by atoms with Gasteiger partial charge in [-0.15, -0.1) is 0 Å². The number of amides is 2. The Hall–Kier alpha value is -2.57. The number of ether oxygens (including phenoxy) is 1. The van der Waals surface area contributed by atoms with Crippen LogP contribution in [0.3, 0.4) is 0 Å². The molecule has 0 aliphatic rings. The number of aliphatic carboxylic acids is 1. The molecule has 3 N–H and O–H groups in total. The highest BCUT2D eigenvalue weighted by Gasteiger charge is 2.25. The Morgan fingerprint density at radius 1 is 1.08 bits per heavy atom. The maximum absolute atomic E-state index is 12.4. The second kappa shape index (κ2) is 9.66. The van der Waals surface area contributed by atoms with E-state index in [2.05, 4.69) is 10.6 Å². The molecule has 138 valence electrons. The summed E-state index contributed by atoms with van der Waals surface area (Å²) < 4.78 is 5.05. The van der Waals surface area contributed by atoms with Gasteiger partial charge < -0.3 is 20.5 Å². The van der Waals surface area contributed by atoms with Crippen molar-refractivity contribution in [3.63, 3.8) is 0 Å². The number of carbonyl (C=O) groups excluding carboxylic acids is 2. The molecule has 7 heteroatoms. The Morgan fingerprint density at radius 3 is 2.16 bits per heavy atom. The predicted octanol–water partition coefficient (Wildman–Crippen LogP) is 1.82. The standard InChI is InChI=1S/C18H26N2O5/c1-11(2)16(18(24)19-12(3)5-10-15(21)22)20-17(23)13-6-8-14(25-4)9-7-13/h6-9,11-12,16H,5,10H2,1-4H3,(H,19,24)(H,20,23)(H,21,22). The van der Waals surface area contributed by atoms with Crippen LogP contribution in [0, 0.1) is 5.92 Å². The molecule has 0 radical (unpaired) electrons. The quantitative estimate of drug-likeness (QED) is 0.630. The molecule has 2 atom stereocenters. The molecule has 2 amide bonds. The average Bonchev–Trinajstić information content (AvgIpc) is 2.57. The van der Waals surface area contributed by atoms with E-state index < -0.39 is 12.0 Å². The van der Waals surface area contributed by atoms with Crippen LogP contribution in [-0.2, 0) is 9.59 Å². The lowest BCUT2D eigenvalue weighted by Crippen LogP contribution is -2.51. The van der Waals surface area contributed by atoms with Crippen molar-refractivity contribution in [3.05, 3.63) is 29.8 Å². The molecule has 1 aromatic rings. The van der Waals surface area contributed by atoms with Gasteiger partial charge in [0.05, 0.1) is 7.11 Å². The van der Waals surface area contributed by atoms with Gasteiger partial charge in [-0.3, -0.25) is 14.4 Å². The third kappa shape index (κ3) is 6.82. The van der Waals surface area contributed by atoms with Crippen LogP contribution in [0.25, 0.3) is 0 Å². The Bertz CT molecular complexity index is 598. The summed E-state index contributed by atoms with van der Waals surface area (Å²) in [7, 11) is 1.54. The molecule has 0 saturated carbocycles. The number of carboxylic acid groups (broad SMARTS) is 1. The fourth-order valence-electron chi connectivity index (χ4n) is 2.25. The van der Waals surface area contributed by atoms with Crippen molar-refractivity contribution in [2.75, 3.05) is 7.11 Å². The first kappa shape index (κ1) is 20.5. The number of carboxylic acids is 1. The van der Waals surface area contributed by atoms with E-state index in [0.717, 1.165) is 0 Å². The maximum atomic E-state index is 12.4. The van der Waals surface area contributed by atoms with Crippen LogP contribution < -0.4 is 15.4 Å². The van der Waals surface area contributed by atoms with E-state index in [1.165, 1.54) is 0 Å². The van der Waals surface area contributed by atoms with E-state index in [4.69, 9.17) is 9.84 Å². The van der Waals surface area contributed by atoms with Crippen molar-refractivity contribution in [2.24, 2.45) is 5.92 Å². The van der Waals surface area contributed by atoms with E-state index in [0.29, 0.717) is 17.7 Å². The molecular weight excluding hydrogens is 324 g/mol. The number of hydrogen-bond acceptors (Lipinski definition) is 4. The van der Waals surface area contributed by atoms with Gasteiger partial charge in [0.25, 0.3) is 5.91 Å². The highest BCUT2D eigenvalue weighted by atomic mass is 16.5. The third-order valence-corrected chi connectivity index (χ3v) is 3.77. The normalized spacial score (nSPS) is 13.0. The minimum Gasteiger partial charge on any atom is -0.497 e. The summed E-state index contributed by atoms with van der Waals surface area (Å²) in [6.07, 6.45) is 0.310. The number of hydrogen-bond donors (Lipinski definition) is 3. The Labute approximate surface area is 147 Å². The van der Waals surface area contributed by atoms with Crippen molar-refractivity contribution >= 4 is 17.8 Å². The first-order chi connectivity index (χ1) is 11.7. The Kier molecular flexibility index (Phi) is 7.91. The van der Waals surface area contributed by atoms with Crippen LogP contribution in [0.4, 0.5) is 0 Å². The van der Waals surface area contributed by atoms with E-state index >= 15 is 0 Å². The molecule has 0 aliphatic carbocycles. The molecule has 0 bridgehead atoms. The lowest BCUT2D eigenvalue weighted by atomic mass is 10.0. The van der Waals surface area contributed by atoms with Crippen molar-refractivity contribution in [2.45, 2.75) is 45.7 Å². The van der Waals surface area contributed by atoms with Crippen molar-refractivity contribution in [1.29, 1.82) is 0 Å². The van der Waals surface area contributed by atoms with E-state index in [1.54, 1.807) is 38.3 Å². The highest BCUT2D eigenvalue weighted by molar-refractivity contribution is 5.97. The van der Waals surface area contributed by atoms with Gasteiger partial charge in [0, 0.05) is 18.0 Å². The van der Waals surface area contributed by atoms with Gasteiger partial charge in [0.2, 0.25) is 5.91 Å². The van der Waals surface area contributed by atoms with Gasteiger partial charge in [-0.25, -0.2) is 0 Å². The zero-order chi connectivity index (χ0) is 19.0. The Balaban J connectivity index is 2.70. The van der Waals surface area contributed by atoms with Gasteiger partial charge >= 0.3 is 5.97 Å². The maximum Gasteiger partial charge on any atom is 0.303 e. The topological polar surface area (TPSA) is 105 Å². The lowest BCUT2D eigenvalue weighted by molar-refractivity contribution is -0.137. The summed E-state index contributed by atoms with van der Waals surface area (Å²) in [6.45, 7) is 5.41. The molecule has 1 aromatic carbocycles.